The number of aromatic amines is 2. The number of phosphoric ester groups is 3. The lowest BCUT2D eigenvalue weighted by molar-refractivity contribution is -0.0585. The number of hydrogen-bond acceptors (Lipinski definition) is 21. The number of aliphatic hydroxyl groups excluding tert-OH is 2. The van der Waals surface area contributed by atoms with Gasteiger partial charge in [0.05, 0.1) is 50.9 Å². The topological polar surface area (TPSA) is 395 Å². The van der Waals surface area contributed by atoms with Crippen LogP contribution in [0.1, 0.15) is 24.6 Å². The first-order chi connectivity index (χ1) is 27.1. The number of hydrogen-bond donors (Lipinski definition) is 10. The van der Waals surface area contributed by atoms with Gasteiger partial charge < -0.3 is 56.1 Å². The zero-order valence-electron chi connectivity index (χ0n) is 30.1. The molecule has 1 aliphatic rings. The fraction of sp³-hybridized carbons (Fsp3) is 0.593. The molecule has 0 saturated carbocycles. The van der Waals surface area contributed by atoms with E-state index in [0.29, 0.717) is 16.6 Å². The summed E-state index contributed by atoms with van der Waals surface area (Å²) in [6.07, 6.45) is -1.63. The molecule has 0 bridgehead atoms. The SMILES string of the molecule is COC1C(OP(=O)(O)OCCCO)[C@@H](COP(=O)(O)OCC(COP(=O)(O)OCCCO)NCc2c[nH]c3c(N)ncnc23)O[C@H]1n1cnc2c(=O)[nH]c(N)nc21. The molecule has 318 valence electrons. The maximum Gasteiger partial charge on any atom is 0.472 e. The Morgan fingerprint density at radius 3 is 2.26 bits per heavy atom. The molecule has 0 spiro atoms. The highest BCUT2D eigenvalue weighted by Gasteiger charge is 2.51. The van der Waals surface area contributed by atoms with Crippen molar-refractivity contribution in [3.8, 4) is 0 Å². The molecule has 0 radical (unpaired) electrons. The molecule has 0 aliphatic carbocycles. The number of nitrogen functional groups attached to an aromatic ring is 2. The largest absolute Gasteiger partial charge is 0.472 e. The van der Waals surface area contributed by atoms with Crippen molar-refractivity contribution in [3.63, 3.8) is 0 Å². The molecule has 8 atom stereocenters. The first-order valence-electron chi connectivity index (χ1n) is 16.9. The van der Waals surface area contributed by atoms with Crippen molar-refractivity contribution < 1.29 is 75.2 Å². The Kier molecular flexibility index (Phi) is 15.4. The van der Waals surface area contributed by atoms with Crippen molar-refractivity contribution in [2.45, 2.75) is 50.0 Å². The molecule has 30 heteroatoms. The zero-order valence-corrected chi connectivity index (χ0v) is 32.7. The number of nitrogens with two attached hydrogens (primary N) is 2. The van der Waals surface area contributed by atoms with Crippen molar-refractivity contribution in [3.05, 3.63) is 34.8 Å². The molecular weight excluding hydrogens is 829 g/mol. The number of ether oxygens (including phenoxy) is 2. The summed E-state index contributed by atoms with van der Waals surface area (Å²) in [5.74, 6) is -0.0825. The van der Waals surface area contributed by atoms with Crippen LogP contribution in [0, 0.1) is 0 Å². The molecule has 1 fully saturated rings. The van der Waals surface area contributed by atoms with Gasteiger partial charge in [0.25, 0.3) is 5.56 Å². The second kappa shape index (κ2) is 19.6. The van der Waals surface area contributed by atoms with Crippen LogP contribution in [0.2, 0.25) is 0 Å². The van der Waals surface area contributed by atoms with Crippen LogP contribution < -0.4 is 22.3 Å². The normalized spacial score (nSPS) is 22.4. The van der Waals surface area contributed by atoms with Crippen LogP contribution in [-0.2, 0) is 56.9 Å². The molecule has 57 heavy (non-hydrogen) atoms. The van der Waals surface area contributed by atoms with Crippen LogP contribution in [0.4, 0.5) is 11.8 Å². The Morgan fingerprint density at radius 2 is 1.60 bits per heavy atom. The molecule has 1 aliphatic heterocycles. The van der Waals surface area contributed by atoms with E-state index in [9.17, 15) is 33.2 Å². The van der Waals surface area contributed by atoms with Crippen LogP contribution in [-0.4, -0.2) is 137 Å². The van der Waals surface area contributed by atoms with E-state index in [1.807, 2.05) is 0 Å². The van der Waals surface area contributed by atoms with E-state index < -0.39 is 79.4 Å². The number of rotatable bonds is 24. The third-order valence-electron chi connectivity index (χ3n) is 8.08. The summed E-state index contributed by atoms with van der Waals surface area (Å²) >= 11 is 0. The van der Waals surface area contributed by atoms with E-state index in [2.05, 4.69) is 35.2 Å². The lowest BCUT2D eigenvalue weighted by Crippen LogP contribution is -2.38. The second-order valence-corrected chi connectivity index (χ2v) is 16.4. The molecule has 12 N–H and O–H groups in total. The Balaban J connectivity index is 1.31. The van der Waals surface area contributed by atoms with E-state index in [-0.39, 0.29) is 68.7 Å². The number of nitrogens with one attached hydrogen (secondary N) is 3. The number of methoxy groups -OCH3 is 1. The van der Waals surface area contributed by atoms with Gasteiger partial charge in [-0.25, -0.2) is 28.6 Å². The van der Waals surface area contributed by atoms with Crippen LogP contribution in [0.15, 0.2) is 23.6 Å². The Bertz CT molecular complexity index is 2160. The molecule has 4 aromatic heterocycles. The van der Waals surface area contributed by atoms with Gasteiger partial charge >= 0.3 is 23.5 Å². The van der Waals surface area contributed by atoms with Gasteiger partial charge in [-0.15, -0.1) is 0 Å². The predicted octanol–water partition coefficient (Wildman–Crippen LogP) is -0.840. The number of anilines is 2. The third-order valence-corrected chi connectivity index (χ3v) is 11.0. The van der Waals surface area contributed by atoms with Crippen molar-refractivity contribution in [2.24, 2.45) is 0 Å². The summed E-state index contributed by atoms with van der Waals surface area (Å²) in [6, 6.07) is -1.09. The zero-order chi connectivity index (χ0) is 41.4. The summed E-state index contributed by atoms with van der Waals surface area (Å²) in [5.41, 5.74) is 12.2. The fourth-order valence-electron chi connectivity index (χ4n) is 5.42. The first-order valence-corrected chi connectivity index (χ1v) is 21.4. The van der Waals surface area contributed by atoms with E-state index in [0.717, 1.165) is 6.33 Å². The highest BCUT2D eigenvalue weighted by molar-refractivity contribution is 7.48. The lowest BCUT2D eigenvalue weighted by Gasteiger charge is -2.25. The molecule has 4 aromatic rings. The van der Waals surface area contributed by atoms with E-state index in [1.165, 1.54) is 18.0 Å². The third kappa shape index (κ3) is 11.9. The maximum atomic E-state index is 13.3. The summed E-state index contributed by atoms with van der Waals surface area (Å²) in [6.45, 7) is -3.44. The molecule has 27 nitrogen and oxygen atoms in total. The van der Waals surface area contributed by atoms with Crippen LogP contribution in [0.3, 0.4) is 0 Å². The van der Waals surface area contributed by atoms with Crippen LogP contribution in [0.5, 0.6) is 0 Å². The van der Waals surface area contributed by atoms with Gasteiger partial charge in [0, 0.05) is 38.6 Å². The van der Waals surface area contributed by atoms with Crippen LogP contribution in [0.25, 0.3) is 22.2 Å². The van der Waals surface area contributed by atoms with E-state index >= 15 is 0 Å². The Morgan fingerprint density at radius 1 is 0.930 bits per heavy atom. The Labute approximate surface area is 321 Å². The monoisotopic (exact) mass is 872 g/mol. The number of nitrogens with zero attached hydrogens (tertiary/aromatic N) is 5. The van der Waals surface area contributed by atoms with Crippen molar-refractivity contribution >= 4 is 57.4 Å². The predicted molar refractivity (Wildman–Crippen MR) is 194 cm³/mol. The molecule has 6 unspecified atom stereocenters. The summed E-state index contributed by atoms with van der Waals surface area (Å²) in [5, 5.41) is 21.0. The molecule has 5 rings (SSSR count). The number of aromatic nitrogens is 7. The average molecular weight is 873 g/mol. The quantitative estimate of drug-likeness (QED) is 0.0303. The number of H-pyrrole nitrogens is 2. The van der Waals surface area contributed by atoms with Crippen molar-refractivity contribution in [1.29, 1.82) is 0 Å². The van der Waals surface area contributed by atoms with Crippen molar-refractivity contribution in [1.82, 2.24) is 39.8 Å². The van der Waals surface area contributed by atoms with E-state index in [4.69, 9.17) is 58.3 Å². The molecular formula is C27H43N10O17P3. The standard InChI is InChI=1S/C27H43N10O17P3/c1-47-22-21(54-57(45,46)49-7-3-5-39)17(53-26(22)37-14-34-20-24(37)35-27(29)36-25(20)40)12-52-56(43,44)51-11-16(10-50-55(41,42)48-6-2-4-38)30-8-15-9-31-19-18(15)32-13-33-23(19)28/h9,13-14,16-17,21-22,26,30-31,38-39H,2-8,10-12H2,1H3,(H,41,42)(H,43,44)(H,45,46)(H2,28,32,33)(H3,29,35,36,40)/t16?,17-,21?,22?,26-/m1/s1. The minimum atomic E-state index is -5.06. The van der Waals surface area contributed by atoms with E-state index in [1.54, 1.807) is 6.20 Å². The van der Waals surface area contributed by atoms with Gasteiger partial charge in [-0.2, -0.15) is 4.98 Å². The molecule has 0 aromatic carbocycles. The van der Waals surface area contributed by atoms with Gasteiger partial charge in [0.2, 0.25) is 5.95 Å². The molecule has 1 saturated heterocycles. The number of phosphoric acid groups is 3. The summed E-state index contributed by atoms with van der Waals surface area (Å²) in [7, 11) is -13.4. The van der Waals surface area contributed by atoms with Gasteiger partial charge in [-0.3, -0.25) is 41.5 Å². The second-order valence-electron chi connectivity index (χ2n) is 12.1. The number of fused-ring (bicyclic) bond motifs is 2. The maximum absolute atomic E-state index is 13.3. The lowest BCUT2D eigenvalue weighted by atomic mass is 10.1. The average Bonchev–Trinajstić information content (AvgIpc) is 3.86. The van der Waals surface area contributed by atoms with Crippen molar-refractivity contribution in [2.75, 3.05) is 64.8 Å². The summed E-state index contributed by atoms with van der Waals surface area (Å²) < 4.78 is 82.1. The minimum absolute atomic E-state index is 0.0100. The number of imidazole rings is 1. The summed E-state index contributed by atoms with van der Waals surface area (Å²) in [4.78, 5) is 65.2. The molecule has 0 amide bonds. The Hall–Kier alpha value is -3.30. The fourth-order valence-corrected chi connectivity index (χ4v) is 7.99. The van der Waals surface area contributed by atoms with Gasteiger partial charge in [0.15, 0.2) is 23.2 Å². The van der Waals surface area contributed by atoms with Gasteiger partial charge in [-0.05, 0) is 12.8 Å². The first kappa shape index (κ1) is 44.8. The van der Waals surface area contributed by atoms with Gasteiger partial charge in [0.1, 0.15) is 30.2 Å². The molecule has 5 heterocycles. The smallest absolute Gasteiger partial charge is 0.396 e. The number of aliphatic hydroxyl groups is 2. The van der Waals surface area contributed by atoms with Gasteiger partial charge in [-0.1, -0.05) is 0 Å². The highest BCUT2D eigenvalue weighted by Crippen LogP contribution is 2.51. The van der Waals surface area contributed by atoms with Crippen LogP contribution >= 0.6 is 23.5 Å². The minimum Gasteiger partial charge on any atom is -0.396 e. The highest BCUT2D eigenvalue weighted by atomic mass is 31.2.